The van der Waals surface area contributed by atoms with Gasteiger partial charge in [-0.15, -0.1) is 0 Å². The summed E-state index contributed by atoms with van der Waals surface area (Å²) in [5.74, 6) is -0.315. The first-order valence-electron chi connectivity index (χ1n) is 6.55. The van der Waals surface area contributed by atoms with Crippen molar-refractivity contribution in [1.82, 2.24) is 0 Å². The minimum Gasteiger partial charge on any atom is -0.462 e. The summed E-state index contributed by atoms with van der Waals surface area (Å²) in [6.07, 6.45) is 0. The lowest BCUT2D eigenvalue weighted by Gasteiger charge is -2.09. The molecule has 0 heterocycles. The summed E-state index contributed by atoms with van der Waals surface area (Å²) in [5.41, 5.74) is 2.39. The maximum atomic E-state index is 11.5. The Balaban J connectivity index is 1.99. The van der Waals surface area contributed by atoms with Crippen LogP contribution in [0.3, 0.4) is 0 Å². The van der Waals surface area contributed by atoms with E-state index in [2.05, 4.69) is 5.32 Å². The van der Waals surface area contributed by atoms with Crippen LogP contribution in [0, 0.1) is 0 Å². The molecule has 110 valence electrons. The molecule has 21 heavy (non-hydrogen) atoms. The zero-order valence-corrected chi connectivity index (χ0v) is 13.0. The van der Waals surface area contributed by atoms with Gasteiger partial charge in [0.25, 0.3) is 0 Å². The Morgan fingerprint density at radius 1 is 1.14 bits per heavy atom. The zero-order valence-electron chi connectivity index (χ0n) is 11.5. The molecule has 0 unspecified atom stereocenters. The van der Waals surface area contributed by atoms with Crippen LogP contribution < -0.4 is 5.32 Å². The summed E-state index contributed by atoms with van der Waals surface area (Å²) in [4.78, 5) is 11.5. The molecule has 0 radical (unpaired) electrons. The molecule has 0 fully saturated rings. The predicted octanol–water partition coefficient (Wildman–Crippen LogP) is 4.78. The lowest BCUT2D eigenvalue weighted by molar-refractivity contribution is 0.0526. The normalized spacial score (nSPS) is 10.2. The van der Waals surface area contributed by atoms with Gasteiger partial charge in [-0.25, -0.2) is 4.79 Å². The van der Waals surface area contributed by atoms with Gasteiger partial charge in [0, 0.05) is 22.3 Å². The van der Waals surface area contributed by atoms with Crippen LogP contribution in [0.1, 0.15) is 22.8 Å². The number of anilines is 1. The Morgan fingerprint density at radius 3 is 2.48 bits per heavy atom. The van der Waals surface area contributed by atoms with E-state index >= 15 is 0 Å². The smallest absolute Gasteiger partial charge is 0.338 e. The molecule has 0 aliphatic rings. The summed E-state index contributed by atoms with van der Waals surface area (Å²) in [6.45, 7) is 2.73. The minimum absolute atomic E-state index is 0.315. The Bertz CT molecular complexity index is 627. The topological polar surface area (TPSA) is 38.3 Å². The van der Waals surface area contributed by atoms with Gasteiger partial charge in [-0.2, -0.15) is 0 Å². The number of carbonyl (C=O) groups is 1. The number of benzene rings is 2. The fourth-order valence-electron chi connectivity index (χ4n) is 1.80. The second-order valence-electron chi connectivity index (χ2n) is 4.39. The quantitative estimate of drug-likeness (QED) is 0.804. The van der Waals surface area contributed by atoms with Crippen molar-refractivity contribution in [3.05, 3.63) is 63.6 Å². The third kappa shape index (κ3) is 4.38. The number of halogens is 2. The number of hydrogen-bond acceptors (Lipinski definition) is 3. The Kier molecular flexibility index (Phi) is 5.48. The molecule has 0 bridgehead atoms. The minimum atomic E-state index is -0.315. The highest BCUT2D eigenvalue weighted by atomic mass is 35.5. The molecule has 0 spiro atoms. The highest BCUT2D eigenvalue weighted by molar-refractivity contribution is 6.35. The van der Waals surface area contributed by atoms with Crippen LogP contribution >= 0.6 is 23.2 Å². The summed E-state index contributed by atoms with van der Waals surface area (Å²) < 4.78 is 4.93. The van der Waals surface area contributed by atoms with Gasteiger partial charge in [0.1, 0.15) is 0 Å². The number of ether oxygens (including phenoxy) is 1. The molecule has 3 nitrogen and oxygen atoms in total. The number of carbonyl (C=O) groups excluding carboxylic acids is 1. The summed E-state index contributed by atoms with van der Waals surface area (Å²) in [5, 5.41) is 4.48. The van der Waals surface area contributed by atoms with Gasteiger partial charge in [-0.1, -0.05) is 29.3 Å². The van der Waals surface area contributed by atoms with Gasteiger partial charge in [-0.3, -0.25) is 0 Å². The fraction of sp³-hybridized carbons (Fsp3) is 0.188. The van der Waals surface area contributed by atoms with Crippen LogP contribution in [0.25, 0.3) is 0 Å². The lowest BCUT2D eigenvalue weighted by atomic mass is 10.2. The van der Waals surface area contributed by atoms with E-state index in [1.165, 1.54) is 0 Å². The average molecular weight is 324 g/mol. The molecule has 0 aliphatic carbocycles. The maximum Gasteiger partial charge on any atom is 0.338 e. The van der Waals surface area contributed by atoms with Gasteiger partial charge >= 0.3 is 5.97 Å². The van der Waals surface area contributed by atoms with E-state index in [0.717, 1.165) is 11.3 Å². The van der Waals surface area contributed by atoms with E-state index in [0.29, 0.717) is 28.8 Å². The van der Waals surface area contributed by atoms with Crippen molar-refractivity contribution in [3.8, 4) is 0 Å². The second kappa shape index (κ2) is 7.34. The molecule has 2 aromatic rings. The third-order valence-electron chi connectivity index (χ3n) is 2.89. The van der Waals surface area contributed by atoms with E-state index in [1.54, 1.807) is 31.2 Å². The van der Waals surface area contributed by atoms with E-state index in [1.807, 2.05) is 18.2 Å². The first-order chi connectivity index (χ1) is 10.1. The third-order valence-corrected chi connectivity index (χ3v) is 3.48. The predicted molar refractivity (Wildman–Crippen MR) is 86.2 cm³/mol. The number of hydrogen-bond donors (Lipinski definition) is 1. The molecule has 0 saturated carbocycles. The van der Waals surface area contributed by atoms with Crippen molar-refractivity contribution in [1.29, 1.82) is 0 Å². The van der Waals surface area contributed by atoms with E-state index in [9.17, 15) is 4.79 Å². The van der Waals surface area contributed by atoms with E-state index in [4.69, 9.17) is 27.9 Å². The molecule has 1 N–H and O–H groups in total. The van der Waals surface area contributed by atoms with Crippen LogP contribution in [0.15, 0.2) is 42.5 Å². The van der Waals surface area contributed by atoms with Crippen LogP contribution in [0.4, 0.5) is 5.69 Å². The highest BCUT2D eigenvalue weighted by Gasteiger charge is 2.06. The number of nitrogens with one attached hydrogen (secondary N) is 1. The lowest BCUT2D eigenvalue weighted by Crippen LogP contribution is -2.05. The van der Waals surface area contributed by atoms with Crippen molar-refractivity contribution >= 4 is 34.9 Å². The van der Waals surface area contributed by atoms with Gasteiger partial charge in [-0.05, 0) is 48.9 Å². The molecular weight excluding hydrogens is 309 g/mol. The van der Waals surface area contributed by atoms with Crippen LogP contribution in [0.2, 0.25) is 10.0 Å². The zero-order chi connectivity index (χ0) is 15.2. The molecule has 2 rings (SSSR count). The standard InChI is InChI=1S/C16H15Cl2NO2/c1-2-21-16(20)11-4-7-14(8-5-11)19-10-12-3-6-13(17)9-15(12)18/h3-9,19H,2,10H2,1H3. The average Bonchev–Trinajstić information content (AvgIpc) is 2.47. The summed E-state index contributed by atoms with van der Waals surface area (Å²) in [6, 6.07) is 12.5. The van der Waals surface area contributed by atoms with Gasteiger partial charge in [0.15, 0.2) is 0 Å². The highest BCUT2D eigenvalue weighted by Crippen LogP contribution is 2.22. The molecule has 2 aromatic carbocycles. The van der Waals surface area contributed by atoms with Crippen molar-refractivity contribution in [2.45, 2.75) is 13.5 Å². The Hall–Kier alpha value is -1.71. The molecule has 0 aromatic heterocycles. The molecule has 0 amide bonds. The molecule has 5 heteroatoms. The second-order valence-corrected chi connectivity index (χ2v) is 5.23. The van der Waals surface area contributed by atoms with E-state index in [-0.39, 0.29) is 5.97 Å². The fourth-order valence-corrected chi connectivity index (χ4v) is 2.28. The SMILES string of the molecule is CCOC(=O)c1ccc(NCc2ccc(Cl)cc2Cl)cc1. The summed E-state index contributed by atoms with van der Waals surface area (Å²) in [7, 11) is 0. The van der Waals surface area contributed by atoms with Crippen molar-refractivity contribution in [2.24, 2.45) is 0 Å². The van der Waals surface area contributed by atoms with Crippen LogP contribution in [-0.4, -0.2) is 12.6 Å². The molecule has 0 saturated heterocycles. The molecule has 0 atom stereocenters. The van der Waals surface area contributed by atoms with Gasteiger partial charge < -0.3 is 10.1 Å². The molecular formula is C16H15Cl2NO2. The van der Waals surface area contributed by atoms with Crippen molar-refractivity contribution in [3.63, 3.8) is 0 Å². The van der Waals surface area contributed by atoms with Crippen molar-refractivity contribution < 1.29 is 9.53 Å². The van der Waals surface area contributed by atoms with Gasteiger partial charge in [0.2, 0.25) is 0 Å². The Morgan fingerprint density at radius 2 is 1.86 bits per heavy atom. The maximum absolute atomic E-state index is 11.5. The number of esters is 1. The van der Waals surface area contributed by atoms with E-state index < -0.39 is 0 Å². The Labute approximate surface area is 133 Å². The largest absolute Gasteiger partial charge is 0.462 e. The monoisotopic (exact) mass is 323 g/mol. The first kappa shape index (κ1) is 15.7. The van der Waals surface area contributed by atoms with Crippen LogP contribution in [-0.2, 0) is 11.3 Å². The first-order valence-corrected chi connectivity index (χ1v) is 7.30. The molecule has 0 aliphatic heterocycles. The van der Waals surface area contributed by atoms with Gasteiger partial charge in [0.05, 0.1) is 12.2 Å². The van der Waals surface area contributed by atoms with Crippen LogP contribution in [0.5, 0.6) is 0 Å². The van der Waals surface area contributed by atoms with Crippen molar-refractivity contribution in [2.75, 3.05) is 11.9 Å². The summed E-state index contributed by atoms with van der Waals surface area (Å²) >= 11 is 12.0. The number of rotatable bonds is 5.